The van der Waals surface area contributed by atoms with Crippen molar-refractivity contribution in [3.63, 3.8) is 0 Å². The average Bonchev–Trinajstić information content (AvgIpc) is 2.75. The molecule has 1 unspecified atom stereocenters. The topological polar surface area (TPSA) is 60.2 Å². The van der Waals surface area contributed by atoms with E-state index >= 15 is 0 Å². The van der Waals surface area contributed by atoms with E-state index in [4.69, 9.17) is 20.8 Å². The predicted molar refractivity (Wildman–Crippen MR) is 73.2 cm³/mol. The van der Waals surface area contributed by atoms with Gasteiger partial charge in [-0.2, -0.15) is 0 Å². The lowest BCUT2D eigenvalue weighted by atomic mass is 10.2. The van der Waals surface area contributed by atoms with Crippen LogP contribution >= 0.6 is 11.6 Å². The van der Waals surface area contributed by atoms with Gasteiger partial charge in [0.15, 0.2) is 5.82 Å². The summed E-state index contributed by atoms with van der Waals surface area (Å²) in [5.74, 6) is 2.92. The molecule has 2 aromatic rings. The number of nitrogens with zero attached hydrogens (tertiary/aromatic N) is 2. The molecule has 0 radical (unpaired) electrons. The molecule has 0 saturated heterocycles. The van der Waals surface area contributed by atoms with Crippen LogP contribution in [0, 0.1) is 6.92 Å². The van der Waals surface area contributed by atoms with Gasteiger partial charge in [0, 0.05) is 13.2 Å². The first-order chi connectivity index (χ1) is 9.08. The maximum atomic E-state index is 5.95. The molecule has 6 heteroatoms. The molecule has 0 fully saturated rings. The van der Waals surface area contributed by atoms with E-state index in [1.54, 1.807) is 13.2 Å². The summed E-state index contributed by atoms with van der Waals surface area (Å²) in [4.78, 5) is 8.40. The van der Waals surface area contributed by atoms with Gasteiger partial charge in [0.1, 0.15) is 29.1 Å². The molecule has 0 aliphatic rings. The number of rotatable bonds is 5. The second-order valence-corrected chi connectivity index (χ2v) is 4.63. The van der Waals surface area contributed by atoms with Crippen LogP contribution in [0.5, 0.6) is 0 Å². The van der Waals surface area contributed by atoms with Crippen molar-refractivity contribution in [2.45, 2.75) is 26.5 Å². The summed E-state index contributed by atoms with van der Waals surface area (Å²) >= 11 is 5.95. The van der Waals surface area contributed by atoms with E-state index < -0.39 is 0 Å². The SMILES string of the molecule is COCc1nc(Cl)cc(NC(C)c2ccc(C)o2)n1. The predicted octanol–water partition coefficient (Wildman–Crippen LogP) is 3.35. The van der Waals surface area contributed by atoms with Gasteiger partial charge in [-0.05, 0) is 26.0 Å². The van der Waals surface area contributed by atoms with E-state index in [2.05, 4.69) is 15.3 Å². The highest BCUT2D eigenvalue weighted by Crippen LogP contribution is 2.21. The largest absolute Gasteiger partial charge is 0.464 e. The van der Waals surface area contributed by atoms with Gasteiger partial charge in [0.2, 0.25) is 0 Å². The van der Waals surface area contributed by atoms with Gasteiger partial charge in [0.25, 0.3) is 0 Å². The van der Waals surface area contributed by atoms with Crippen molar-refractivity contribution in [3.8, 4) is 0 Å². The molecule has 0 aliphatic carbocycles. The van der Waals surface area contributed by atoms with Gasteiger partial charge in [-0.15, -0.1) is 0 Å². The Bertz CT molecular complexity index is 557. The van der Waals surface area contributed by atoms with E-state index in [9.17, 15) is 0 Å². The number of anilines is 1. The number of nitrogens with one attached hydrogen (secondary N) is 1. The zero-order valence-electron chi connectivity index (χ0n) is 11.1. The van der Waals surface area contributed by atoms with Crippen LogP contribution in [0.25, 0.3) is 0 Å². The average molecular weight is 282 g/mol. The van der Waals surface area contributed by atoms with Crippen LogP contribution in [0.4, 0.5) is 5.82 Å². The standard InChI is InChI=1S/C13H16ClN3O2/c1-8-4-5-10(19-8)9(2)15-12-6-11(14)16-13(17-12)7-18-3/h4-6,9H,7H2,1-3H3,(H,15,16,17). The fraction of sp³-hybridized carbons (Fsp3) is 0.385. The molecule has 2 heterocycles. The summed E-state index contributed by atoms with van der Waals surface area (Å²) in [6, 6.07) is 5.53. The summed E-state index contributed by atoms with van der Waals surface area (Å²) in [6.07, 6.45) is 0. The number of ether oxygens (including phenoxy) is 1. The maximum Gasteiger partial charge on any atom is 0.158 e. The first-order valence-corrected chi connectivity index (χ1v) is 6.31. The minimum absolute atomic E-state index is 0.00457. The summed E-state index contributed by atoms with van der Waals surface area (Å²) in [7, 11) is 1.59. The van der Waals surface area contributed by atoms with Gasteiger partial charge >= 0.3 is 0 Å². The van der Waals surface area contributed by atoms with Gasteiger partial charge in [-0.25, -0.2) is 9.97 Å². The highest BCUT2D eigenvalue weighted by Gasteiger charge is 2.11. The number of aromatic nitrogens is 2. The Hall–Kier alpha value is -1.59. The van der Waals surface area contributed by atoms with E-state index in [1.807, 2.05) is 26.0 Å². The molecule has 5 nitrogen and oxygen atoms in total. The molecular weight excluding hydrogens is 266 g/mol. The Labute approximate surface area is 117 Å². The van der Waals surface area contributed by atoms with Crippen molar-refractivity contribution < 1.29 is 9.15 Å². The third kappa shape index (κ3) is 3.68. The Kier molecular flexibility index (Phi) is 4.39. The van der Waals surface area contributed by atoms with E-state index in [0.717, 1.165) is 11.5 Å². The number of methoxy groups -OCH3 is 1. The molecule has 19 heavy (non-hydrogen) atoms. The highest BCUT2D eigenvalue weighted by atomic mass is 35.5. The molecule has 0 aromatic carbocycles. The molecule has 2 rings (SSSR count). The monoisotopic (exact) mass is 281 g/mol. The lowest BCUT2D eigenvalue weighted by Gasteiger charge is -2.13. The van der Waals surface area contributed by atoms with Gasteiger partial charge in [0.05, 0.1) is 6.04 Å². The third-order valence-corrected chi connectivity index (χ3v) is 2.76. The first kappa shape index (κ1) is 13.8. The summed E-state index contributed by atoms with van der Waals surface area (Å²) in [5, 5.41) is 3.61. The number of halogens is 1. The number of hydrogen-bond acceptors (Lipinski definition) is 5. The number of hydrogen-bond donors (Lipinski definition) is 1. The highest BCUT2D eigenvalue weighted by molar-refractivity contribution is 6.29. The van der Waals surface area contributed by atoms with Crippen LogP contribution in [0.1, 0.15) is 30.3 Å². The van der Waals surface area contributed by atoms with Crippen LogP contribution in [0.2, 0.25) is 5.15 Å². The second-order valence-electron chi connectivity index (χ2n) is 4.24. The Morgan fingerprint density at radius 1 is 1.42 bits per heavy atom. The smallest absolute Gasteiger partial charge is 0.158 e. The maximum absolute atomic E-state index is 5.95. The molecule has 1 atom stereocenters. The Morgan fingerprint density at radius 2 is 2.21 bits per heavy atom. The molecule has 0 saturated carbocycles. The van der Waals surface area contributed by atoms with E-state index in [0.29, 0.717) is 23.4 Å². The zero-order chi connectivity index (χ0) is 13.8. The van der Waals surface area contributed by atoms with Crippen molar-refractivity contribution in [1.82, 2.24) is 9.97 Å². The van der Waals surface area contributed by atoms with Gasteiger partial charge in [-0.3, -0.25) is 0 Å². The van der Waals surface area contributed by atoms with Gasteiger partial charge in [-0.1, -0.05) is 11.6 Å². The second kappa shape index (κ2) is 6.04. The fourth-order valence-electron chi connectivity index (χ4n) is 1.71. The first-order valence-electron chi connectivity index (χ1n) is 5.93. The van der Waals surface area contributed by atoms with Crippen molar-refractivity contribution in [1.29, 1.82) is 0 Å². The fourth-order valence-corrected chi connectivity index (χ4v) is 1.91. The Morgan fingerprint density at radius 3 is 2.84 bits per heavy atom. The van der Waals surface area contributed by atoms with Crippen molar-refractivity contribution >= 4 is 17.4 Å². The van der Waals surface area contributed by atoms with Crippen molar-refractivity contribution in [2.24, 2.45) is 0 Å². The minimum Gasteiger partial charge on any atom is -0.464 e. The molecule has 0 spiro atoms. The third-order valence-electron chi connectivity index (χ3n) is 2.57. The summed E-state index contributed by atoms with van der Waals surface area (Å²) in [5.41, 5.74) is 0. The van der Waals surface area contributed by atoms with Crippen LogP contribution in [0.15, 0.2) is 22.6 Å². The normalized spacial score (nSPS) is 12.4. The van der Waals surface area contributed by atoms with Crippen molar-refractivity contribution in [3.05, 3.63) is 40.7 Å². The molecule has 0 bridgehead atoms. The van der Waals surface area contributed by atoms with Crippen LogP contribution in [-0.2, 0) is 11.3 Å². The molecular formula is C13H16ClN3O2. The van der Waals surface area contributed by atoms with Crippen LogP contribution in [0.3, 0.4) is 0 Å². The summed E-state index contributed by atoms with van der Waals surface area (Å²) in [6.45, 7) is 4.22. The summed E-state index contributed by atoms with van der Waals surface area (Å²) < 4.78 is 10.6. The number of furan rings is 1. The lowest BCUT2D eigenvalue weighted by Crippen LogP contribution is -2.09. The van der Waals surface area contributed by atoms with Gasteiger partial charge < -0.3 is 14.5 Å². The molecule has 102 valence electrons. The Balaban J connectivity index is 2.14. The van der Waals surface area contributed by atoms with E-state index in [-0.39, 0.29) is 6.04 Å². The molecule has 2 aromatic heterocycles. The zero-order valence-corrected chi connectivity index (χ0v) is 11.9. The van der Waals surface area contributed by atoms with Crippen molar-refractivity contribution in [2.75, 3.05) is 12.4 Å². The van der Waals surface area contributed by atoms with Crippen LogP contribution < -0.4 is 5.32 Å². The quantitative estimate of drug-likeness (QED) is 0.852. The molecule has 1 N–H and O–H groups in total. The number of aryl methyl sites for hydroxylation is 1. The molecule has 0 aliphatic heterocycles. The van der Waals surface area contributed by atoms with E-state index in [1.165, 1.54) is 0 Å². The minimum atomic E-state index is -0.00457. The van der Waals surface area contributed by atoms with Crippen LogP contribution in [-0.4, -0.2) is 17.1 Å². The molecule has 0 amide bonds. The lowest BCUT2D eigenvalue weighted by molar-refractivity contribution is 0.178.